The van der Waals surface area contributed by atoms with Crippen molar-refractivity contribution in [1.82, 2.24) is 16.0 Å². The Morgan fingerprint density at radius 2 is 1.46 bits per heavy atom. The molecule has 0 saturated carbocycles. The zero-order chi connectivity index (χ0) is 22.0. The predicted octanol–water partition coefficient (Wildman–Crippen LogP) is -1.04. The average Bonchev–Trinajstić information content (AvgIpc) is 2.61. The van der Waals surface area contributed by atoms with Gasteiger partial charge in [-0.15, -0.1) is 0 Å². The average molecular weight is 402 g/mol. The summed E-state index contributed by atoms with van der Waals surface area (Å²) in [7, 11) is 0. The Bertz CT molecular complexity index is 552. The van der Waals surface area contributed by atoms with Gasteiger partial charge >= 0.3 is 5.97 Å². The van der Waals surface area contributed by atoms with E-state index in [-0.39, 0.29) is 24.8 Å². The number of amides is 3. The van der Waals surface area contributed by atoms with Crippen LogP contribution in [-0.4, -0.2) is 64.7 Å². The highest BCUT2D eigenvalue weighted by Gasteiger charge is 2.33. The van der Waals surface area contributed by atoms with E-state index in [4.69, 9.17) is 5.73 Å². The molecule has 0 aromatic rings. The van der Waals surface area contributed by atoms with Crippen molar-refractivity contribution in [2.24, 2.45) is 17.6 Å². The number of carboxylic acid groups (broad SMARTS) is 1. The van der Waals surface area contributed by atoms with Crippen LogP contribution in [0.3, 0.4) is 0 Å². The standard InChI is InChI=1S/C18H34N4O6/c1-6-10(4)14(21-13(24)8-19)16(25)22-15(11(5)23)17(26)20-12(18(27)28)7-9(2)3/h9-12,14-15,23H,6-8,19H2,1-5H3,(H,20,26)(H,21,24)(H,22,25)(H,27,28). The van der Waals surface area contributed by atoms with Gasteiger partial charge in [-0.3, -0.25) is 14.4 Å². The Kier molecular flexibility index (Phi) is 11.3. The molecule has 10 nitrogen and oxygen atoms in total. The molecule has 0 aromatic heterocycles. The van der Waals surface area contributed by atoms with Gasteiger partial charge in [-0.2, -0.15) is 0 Å². The Hall–Kier alpha value is -2.20. The molecule has 3 amide bonds. The van der Waals surface area contributed by atoms with Gasteiger partial charge < -0.3 is 31.9 Å². The molecule has 0 bridgehead atoms. The molecule has 5 atom stereocenters. The van der Waals surface area contributed by atoms with Gasteiger partial charge in [0.25, 0.3) is 0 Å². The highest BCUT2D eigenvalue weighted by molar-refractivity contribution is 5.94. The number of aliphatic hydroxyl groups excluding tert-OH is 1. The van der Waals surface area contributed by atoms with Gasteiger partial charge in [0.05, 0.1) is 12.6 Å². The fraction of sp³-hybridized carbons (Fsp3) is 0.778. The van der Waals surface area contributed by atoms with Gasteiger partial charge in [-0.25, -0.2) is 4.79 Å². The normalized spacial score (nSPS) is 16.4. The van der Waals surface area contributed by atoms with E-state index in [1.54, 1.807) is 6.92 Å². The van der Waals surface area contributed by atoms with Crippen LogP contribution in [0.25, 0.3) is 0 Å². The lowest BCUT2D eigenvalue weighted by Crippen LogP contribution is -2.60. The van der Waals surface area contributed by atoms with E-state index in [0.717, 1.165) is 0 Å². The zero-order valence-corrected chi connectivity index (χ0v) is 17.2. The molecule has 28 heavy (non-hydrogen) atoms. The molecule has 0 aromatic carbocycles. The van der Waals surface area contributed by atoms with Gasteiger partial charge in [0.2, 0.25) is 17.7 Å². The molecule has 0 rings (SSSR count). The Morgan fingerprint density at radius 3 is 1.86 bits per heavy atom. The molecule has 7 N–H and O–H groups in total. The summed E-state index contributed by atoms with van der Waals surface area (Å²) in [4.78, 5) is 48.1. The van der Waals surface area contributed by atoms with Crippen molar-refractivity contribution in [3.05, 3.63) is 0 Å². The maximum absolute atomic E-state index is 12.6. The highest BCUT2D eigenvalue weighted by Crippen LogP contribution is 2.10. The zero-order valence-electron chi connectivity index (χ0n) is 17.2. The van der Waals surface area contributed by atoms with Crippen LogP contribution in [0.15, 0.2) is 0 Å². The van der Waals surface area contributed by atoms with E-state index in [1.165, 1.54) is 6.92 Å². The third-order valence-electron chi connectivity index (χ3n) is 4.38. The topological polar surface area (TPSA) is 171 Å². The summed E-state index contributed by atoms with van der Waals surface area (Å²) in [5.41, 5.74) is 5.28. The van der Waals surface area contributed by atoms with Crippen molar-refractivity contribution in [2.45, 2.75) is 71.7 Å². The molecular weight excluding hydrogens is 368 g/mol. The van der Waals surface area contributed by atoms with Crippen LogP contribution in [0.4, 0.5) is 0 Å². The molecule has 0 fully saturated rings. The van der Waals surface area contributed by atoms with Crippen molar-refractivity contribution in [3.8, 4) is 0 Å². The van der Waals surface area contributed by atoms with Gasteiger partial charge in [0.15, 0.2) is 0 Å². The SMILES string of the molecule is CCC(C)C(NC(=O)CN)C(=O)NC(C(=O)NC(CC(C)C)C(=O)O)C(C)O. The fourth-order valence-corrected chi connectivity index (χ4v) is 2.54. The molecule has 10 heteroatoms. The molecule has 162 valence electrons. The number of aliphatic carboxylic acids is 1. The van der Waals surface area contributed by atoms with Crippen molar-refractivity contribution < 1.29 is 29.4 Å². The van der Waals surface area contributed by atoms with E-state index in [1.807, 2.05) is 20.8 Å². The minimum Gasteiger partial charge on any atom is -0.480 e. The predicted molar refractivity (Wildman–Crippen MR) is 103 cm³/mol. The number of nitrogens with two attached hydrogens (primary N) is 1. The van der Waals surface area contributed by atoms with E-state index in [9.17, 15) is 29.4 Å². The molecule has 0 heterocycles. The van der Waals surface area contributed by atoms with E-state index < -0.39 is 47.9 Å². The van der Waals surface area contributed by atoms with Crippen molar-refractivity contribution >= 4 is 23.7 Å². The summed E-state index contributed by atoms with van der Waals surface area (Å²) >= 11 is 0. The minimum absolute atomic E-state index is 0.0160. The summed E-state index contributed by atoms with van der Waals surface area (Å²) in [6, 6.07) is -3.46. The smallest absolute Gasteiger partial charge is 0.326 e. The van der Waals surface area contributed by atoms with Crippen LogP contribution in [0.2, 0.25) is 0 Å². The first-order chi connectivity index (χ1) is 12.9. The first kappa shape index (κ1) is 25.8. The molecule has 0 aliphatic carbocycles. The van der Waals surface area contributed by atoms with Crippen molar-refractivity contribution in [3.63, 3.8) is 0 Å². The quantitative estimate of drug-likeness (QED) is 0.242. The largest absolute Gasteiger partial charge is 0.480 e. The van der Waals surface area contributed by atoms with Crippen LogP contribution in [0.5, 0.6) is 0 Å². The van der Waals surface area contributed by atoms with Crippen LogP contribution >= 0.6 is 0 Å². The lowest BCUT2D eigenvalue weighted by atomic mass is 9.97. The summed E-state index contributed by atoms with van der Waals surface area (Å²) in [6.45, 7) is 8.22. The maximum Gasteiger partial charge on any atom is 0.326 e. The van der Waals surface area contributed by atoms with Gasteiger partial charge in [-0.05, 0) is 25.2 Å². The number of carbonyl (C=O) groups excluding carboxylic acids is 3. The lowest BCUT2D eigenvalue weighted by molar-refractivity contribution is -0.143. The summed E-state index contributed by atoms with van der Waals surface area (Å²) in [5, 5.41) is 26.5. The number of carboxylic acids is 1. The number of rotatable bonds is 12. The second-order valence-corrected chi connectivity index (χ2v) is 7.39. The fourth-order valence-electron chi connectivity index (χ4n) is 2.54. The third-order valence-corrected chi connectivity index (χ3v) is 4.38. The molecular formula is C18H34N4O6. The van der Waals surface area contributed by atoms with E-state index in [2.05, 4.69) is 16.0 Å². The van der Waals surface area contributed by atoms with Crippen LogP contribution in [0.1, 0.15) is 47.5 Å². The molecule has 0 spiro atoms. The Morgan fingerprint density at radius 1 is 0.929 bits per heavy atom. The molecule has 0 radical (unpaired) electrons. The van der Waals surface area contributed by atoms with Gasteiger partial charge in [0, 0.05) is 0 Å². The molecule has 0 saturated heterocycles. The molecule has 0 aliphatic heterocycles. The number of aliphatic hydroxyl groups is 1. The lowest BCUT2D eigenvalue weighted by Gasteiger charge is -2.28. The molecule has 5 unspecified atom stereocenters. The number of nitrogens with one attached hydrogen (secondary N) is 3. The van der Waals surface area contributed by atoms with Gasteiger partial charge in [0.1, 0.15) is 18.1 Å². The number of carbonyl (C=O) groups is 4. The van der Waals surface area contributed by atoms with Crippen molar-refractivity contribution in [1.29, 1.82) is 0 Å². The first-order valence-electron chi connectivity index (χ1n) is 9.45. The first-order valence-corrected chi connectivity index (χ1v) is 9.45. The Labute approximate surface area is 165 Å². The maximum atomic E-state index is 12.6. The van der Waals surface area contributed by atoms with Crippen LogP contribution in [0, 0.1) is 11.8 Å². The monoisotopic (exact) mass is 402 g/mol. The van der Waals surface area contributed by atoms with Gasteiger partial charge in [-0.1, -0.05) is 34.1 Å². The summed E-state index contributed by atoms with van der Waals surface area (Å²) in [6.07, 6.45) is -0.506. The summed E-state index contributed by atoms with van der Waals surface area (Å²) < 4.78 is 0. The van der Waals surface area contributed by atoms with Crippen molar-refractivity contribution in [2.75, 3.05) is 6.54 Å². The minimum atomic E-state index is -1.37. The second-order valence-electron chi connectivity index (χ2n) is 7.39. The third kappa shape index (κ3) is 8.66. The number of hydrogen-bond acceptors (Lipinski definition) is 6. The number of hydrogen-bond donors (Lipinski definition) is 6. The van der Waals surface area contributed by atoms with Crippen LogP contribution in [-0.2, 0) is 19.2 Å². The Balaban J connectivity index is 5.34. The van der Waals surface area contributed by atoms with Crippen LogP contribution < -0.4 is 21.7 Å². The second kappa shape index (κ2) is 12.3. The highest BCUT2D eigenvalue weighted by atomic mass is 16.4. The molecule has 0 aliphatic rings. The van der Waals surface area contributed by atoms with E-state index >= 15 is 0 Å². The summed E-state index contributed by atoms with van der Waals surface area (Å²) in [5.74, 6) is -3.44. The van der Waals surface area contributed by atoms with E-state index in [0.29, 0.717) is 6.42 Å².